The average Bonchev–Trinajstić information content (AvgIpc) is 2.24. The summed E-state index contributed by atoms with van der Waals surface area (Å²) in [5.41, 5.74) is 0. The van der Waals surface area contributed by atoms with Crippen molar-refractivity contribution in [2.24, 2.45) is 0 Å². The van der Waals surface area contributed by atoms with Crippen molar-refractivity contribution in [3.63, 3.8) is 0 Å². The highest BCUT2D eigenvalue weighted by Crippen LogP contribution is 2.16. The zero-order valence-corrected chi connectivity index (χ0v) is 9.93. The SMILES string of the molecule is CC1CN(C(C)CCC(=O)O)CC(CO)O1. The van der Waals surface area contributed by atoms with Crippen LogP contribution >= 0.6 is 0 Å². The maximum Gasteiger partial charge on any atom is 0.303 e. The van der Waals surface area contributed by atoms with Crippen LogP contribution < -0.4 is 0 Å². The van der Waals surface area contributed by atoms with Crippen LogP contribution in [0.4, 0.5) is 0 Å². The zero-order valence-electron chi connectivity index (χ0n) is 9.93. The number of aliphatic hydroxyl groups excluding tert-OH is 1. The molecule has 1 heterocycles. The molecule has 1 aliphatic heterocycles. The topological polar surface area (TPSA) is 70.0 Å². The first-order valence-electron chi connectivity index (χ1n) is 5.75. The first-order chi connectivity index (χ1) is 7.52. The molecule has 1 fully saturated rings. The van der Waals surface area contributed by atoms with Crippen molar-refractivity contribution < 1.29 is 19.7 Å². The van der Waals surface area contributed by atoms with Crippen molar-refractivity contribution in [1.29, 1.82) is 0 Å². The highest BCUT2D eigenvalue weighted by atomic mass is 16.5. The van der Waals surface area contributed by atoms with Crippen LogP contribution in [0.2, 0.25) is 0 Å². The van der Waals surface area contributed by atoms with E-state index in [1.54, 1.807) is 0 Å². The summed E-state index contributed by atoms with van der Waals surface area (Å²) in [6.45, 7) is 5.50. The molecule has 5 heteroatoms. The quantitative estimate of drug-likeness (QED) is 0.713. The lowest BCUT2D eigenvalue weighted by Gasteiger charge is -2.39. The molecule has 94 valence electrons. The van der Waals surface area contributed by atoms with Crippen LogP contribution in [-0.2, 0) is 9.53 Å². The molecular formula is C11H21NO4. The number of hydrogen-bond acceptors (Lipinski definition) is 4. The van der Waals surface area contributed by atoms with Gasteiger partial charge in [0, 0.05) is 25.6 Å². The Hall–Kier alpha value is -0.650. The number of aliphatic carboxylic acids is 1. The number of hydrogen-bond donors (Lipinski definition) is 2. The monoisotopic (exact) mass is 231 g/mol. The number of ether oxygens (including phenoxy) is 1. The summed E-state index contributed by atoms with van der Waals surface area (Å²) in [5.74, 6) is -0.758. The van der Waals surface area contributed by atoms with Crippen molar-refractivity contribution in [3.8, 4) is 0 Å². The van der Waals surface area contributed by atoms with Crippen LogP contribution in [-0.4, -0.2) is 59.0 Å². The number of aliphatic hydroxyl groups is 1. The van der Waals surface area contributed by atoms with Gasteiger partial charge in [-0.05, 0) is 20.3 Å². The Morgan fingerprint density at radius 2 is 2.25 bits per heavy atom. The molecule has 3 atom stereocenters. The molecule has 3 unspecified atom stereocenters. The first kappa shape index (κ1) is 13.4. The molecule has 0 spiro atoms. The molecule has 2 N–H and O–H groups in total. The fraction of sp³-hybridized carbons (Fsp3) is 0.909. The molecule has 0 aromatic carbocycles. The van der Waals surface area contributed by atoms with Gasteiger partial charge in [0.25, 0.3) is 0 Å². The number of carboxylic acid groups (broad SMARTS) is 1. The number of rotatable bonds is 5. The van der Waals surface area contributed by atoms with Crippen molar-refractivity contribution in [3.05, 3.63) is 0 Å². The van der Waals surface area contributed by atoms with Crippen molar-refractivity contribution in [2.75, 3.05) is 19.7 Å². The predicted octanol–water partition coefficient (Wildman–Crippen LogP) is 0.321. The normalized spacial score (nSPS) is 28.9. The third-order valence-corrected chi connectivity index (χ3v) is 2.96. The van der Waals surface area contributed by atoms with Crippen LogP contribution in [0.25, 0.3) is 0 Å². The highest BCUT2D eigenvalue weighted by Gasteiger charge is 2.27. The first-order valence-corrected chi connectivity index (χ1v) is 5.75. The number of carboxylic acids is 1. The van der Waals surface area contributed by atoms with E-state index in [1.807, 2.05) is 13.8 Å². The molecule has 0 aromatic heterocycles. The van der Waals surface area contributed by atoms with Gasteiger partial charge in [-0.3, -0.25) is 9.69 Å². The molecule has 0 bridgehead atoms. The fourth-order valence-electron chi connectivity index (χ4n) is 2.06. The molecule has 16 heavy (non-hydrogen) atoms. The largest absolute Gasteiger partial charge is 0.481 e. The van der Waals surface area contributed by atoms with E-state index in [1.165, 1.54) is 0 Å². The van der Waals surface area contributed by atoms with Gasteiger partial charge in [-0.2, -0.15) is 0 Å². The van der Waals surface area contributed by atoms with Crippen LogP contribution in [0.1, 0.15) is 26.7 Å². The lowest BCUT2D eigenvalue weighted by molar-refractivity contribution is -0.137. The third-order valence-electron chi connectivity index (χ3n) is 2.96. The molecule has 0 amide bonds. The standard InChI is InChI=1S/C11H21NO4/c1-8(3-4-11(14)15)12-5-9(2)16-10(6-12)7-13/h8-10,13H,3-7H2,1-2H3,(H,14,15). The van der Waals surface area contributed by atoms with Gasteiger partial charge in [-0.25, -0.2) is 0 Å². The maximum atomic E-state index is 10.5. The molecule has 0 aliphatic carbocycles. The summed E-state index contributed by atoms with van der Waals surface area (Å²) >= 11 is 0. The lowest BCUT2D eigenvalue weighted by Crippen LogP contribution is -2.51. The van der Waals surface area contributed by atoms with E-state index >= 15 is 0 Å². The number of nitrogens with zero attached hydrogens (tertiary/aromatic N) is 1. The zero-order chi connectivity index (χ0) is 12.1. The number of carbonyl (C=O) groups is 1. The molecular weight excluding hydrogens is 210 g/mol. The van der Waals surface area contributed by atoms with Gasteiger partial charge in [-0.15, -0.1) is 0 Å². The van der Waals surface area contributed by atoms with E-state index in [0.29, 0.717) is 13.0 Å². The minimum atomic E-state index is -0.758. The van der Waals surface area contributed by atoms with Crippen molar-refractivity contribution in [2.45, 2.75) is 44.9 Å². The molecule has 0 radical (unpaired) electrons. The highest BCUT2D eigenvalue weighted by molar-refractivity contribution is 5.66. The van der Waals surface area contributed by atoms with Crippen molar-refractivity contribution >= 4 is 5.97 Å². The number of morpholine rings is 1. The van der Waals surface area contributed by atoms with Gasteiger partial charge in [0.1, 0.15) is 0 Å². The fourth-order valence-corrected chi connectivity index (χ4v) is 2.06. The Balaban J connectivity index is 2.41. The van der Waals surface area contributed by atoms with E-state index < -0.39 is 5.97 Å². The average molecular weight is 231 g/mol. The van der Waals surface area contributed by atoms with Gasteiger partial charge < -0.3 is 14.9 Å². The van der Waals surface area contributed by atoms with E-state index in [-0.39, 0.29) is 31.3 Å². The second-order valence-corrected chi connectivity index (χ2v) is 4.49. The smallest absolute Gasteiger partial charge is 0.303 e. The molecule has 5 nitrogen and oxygen atoms in total. The third kappa shape index (κ3) is 4.08. The molecule has 1 saturated heterocycles. The Morgan fingerprint density at radius 1 is 1.56 bits per heavy atom. The Labute approximate surface area is 96.0 Å². The molecule has 1 aliphatic rings. The van der Waals surface area contributed by atoms with Gasteiger partial charge in [-0.1, -0.05) is 0 Å². The summed E-state index contributed by atoms with van der Waals surface area (Å²) < 4.78 is 5.53. The second-order valence-electron chi connectivity index (χ2n) is 4.49. The predicted molar refractivity (Wildman–Crippen MR) is 59.3 cm³/mol. The minimum Gasteiger partial charge on any atom is -0.481 e. The molecule has 0 saturated carbocycles. The Kier molecular flexibility index (Phi) is 5.18. The van der Waals surface area contributed by atoms with E-state index in [4.69, 9.17) is 14.9 Å². The Morgan fingerprint density at radius 3 is 2.81 bits per heavy atom. The maximum absolute atomic E-state index is 10.5. The van der Waals surface area contributed by atoms with Crippen LogP contribution in [0.3, 0.4) is 0 Å². The summed E-state index contributed by atoms with van der Waals surface area (Å²) in [6.07, 6.45) is 0.783. The molecule has 0 aromatic rings. The Bertz CT molecular complexity index is 234. The van der Waals surface area contributed by atoms with Gasteiger partial charge in [0.15, 0.2) is 0 Å². The van der Waals surface area contributed by atoms with Gasteiger partial charge >= 0.3 is 5.97 Å². The van der Waals surface area contributed by atoms with Crippen molar-refractivity contribution in [1.82, 2.24) is 4.90 Å². The molecule has 1 rings (SSSR count). The second kappa shape index (κ2) is 6.18. The van der Waals surface area contributed by atoms with Crippen LogP contribution in [0.15, 0.2) is 0 Å². The summed E-state index contributed by atoms with van der Waals surface area (Å²) in [4.78, 5) is 12.7. The van der Waals surface area contributed by atoms with Gasteiger partial charge in [0.05, 0.1) is 18.8 Å². The van der Waals surface area contributed by atoms with Crippen LogP contribution in [0, 0.1) is 0 Å². The minimum absolute atomic E-state index is 0.0203. The van der Waals surface area contributed by atoms with Crippen LogP contribution in [0.5, 0.6) is 0 Å². The van der Waals surface area contributed by atoms with Gasteiger partial charge in [0.2, 0.25) is 0 Å². The lowest BCUT2D eigenvalue weighted by atomic mass is 10.1. The van der Waals surface area contributed by atoms with E-state index in [0.717, 1.165) is 6.54 Å². The summed E-state index contributed by atoms with van der Waals surface area (Å²) in [5, 5.41) is 17.7. The summed E-state index contributed by atoms with van der Waals surface area (Å²) in [7, 11) is 0. The summed E-state index contributed by atoms with van der Waals surface area (Å²) in [6, 6.07) is 0.219. The van der Waals surface area contributed by atoms with E-state index in [9.17, 15) is 4.79 Å². The van der Waals surface area contributed by atoms with E-state index in [2.05, 4.69) is 4.90 Å².